The Hall–Kier alpha value is -0.580. The van der Waals surface area contributed by atoms with Crippen LogP contribution in [0.4, 0.5) is 0 Å². The average Bonchev–Trinajstić information content (AvgIpc) is 2.65. The molecule has 17 heavy (non-hydrogen) atoms. The zero-order valence-electron chi connectivity index (χ0n) is 10.2. The van der Waals surface area contributed by atoms with Crippen LogP contribution in [0, 0.1) is 6.92 Å². The lowest BCUT2D eigenvalue weighted by atomic mass is 9.90. The molecule has 0 radical (unpaired) electrons. The first-order valence-electron chi connectivity index (χ1n) is 5.68. The van der Waals surface area contributed by atoms with Gasteiger partial charge in [0.25, 0.3) is 5.91 Å². The van der Waals surface area contributed by atoms with E-state index in [4.69, 9.17) is 0 Å². The minimum atomic E-state index is -0.0429. The molecule has 0 bridgehead atoms. The van der Waals surface area contributed by atoms with Crippen LogP contribution in [0.1, 0.15) is 35.0 Å². The van der Waals surface area contributed by atoms with Crippen LogP contribution in [0.25, 0.3) is 0 Å². The molecule has 96 valence electrons. The lowest BCUT2D eigenvalue weighted by Gasteiger charge is -2.34. The number of nitrogens with one attached hydrogen (secondary N) is 2. The Morgan fingerprint density at radius 1 is 1.47 bits per heavy atom. The van der Waals surface area contributed by atoms with Crippen LogP contribution in [0.15, 0.2) is 11.4 Å². The van der Waals surface area contributed by atoms with Crippen molar-refractivity contribution in [2.45, 2.75) is 32.2 Å². The fourth-order valence-corrected chi connectivity index (χ4v) is 2.86. The summed E-state index contributed by atoms with van der Waals surface area (Å²) in [4.78, 5) is 12.9. The van der Waals surface area contributed by atoms with Gasteiger partial charge < -0.3 is 10.6 Å². The summed E-state index contributed by atoms with van der Waals surface area (Å²) in [6, 6.07) is 1.99. The van der Waals surface area contributed by atoms with Crippen molar-refractivity contribution in [1.82, 2.24) is 10.6 Å². The molecule has 2 rings (SSSR count). The van der Waals surface area contributed by atoms with Gasteiger partial charge in [-0.1, -0.05) is 0 Å². The summed E-state index contributed by atoms with van der Waals surface area (Å²) in [5.41, 5.74) is 1.03. The number of thiophene rings is 1. The SMILES string of the molecule is Cc1ccsc1C(=O)NC1(C)CCNCC1.Cl. The molecule has 2 heterocycles. The van der Waals surface area contributed by atoms with E-state index in [1.807, 2.05) is 18.4 Å². The zero-order valence-corrected chi connectivity index (χ0v) is 11.8. The lowest BCUT2D eigenvalue weighted by Crippen LogP contribution is -2.52. The molecule has 0 aliphatic carbocycles. The van der Waals surface area contributed by atoms with E-state index in [2.05, 4.69) is 17.6 Å². The highest BCUT2D eigenvalue weighted by Crippen LogP contribution is 2.21. The van der Waals surface area contributed by atoms with Crippen LogP contribution in [-0.4, -0.2) is 24.5 Å². The minimum absolute atomic E-state index is 0. The highest BCUT2D eigenvalue weighted by atomic mass is 35.5. The van der Waals surface area contributed by atoms with E-state index in [1.54, 1.807) is 0 Å². The van der Waals surface area contributed by atoms with Crippen molar-refractivity contribution in [3.8, 4) is 0 Å². The Balaban J connectivity index is 0.00000144. The van der Waals surface area contributed by atoms with Gasteiger partial charge in [0.05, 0.1) is 4.88 Å². The number of piperidine rings is 1. The maximum atomic E-state index is 12.1. The summed E-state index contributed by atoms with van der Waals surface area (Å²) in [5, 5.41) is 8.45. The van der Waals surface area contributed by atoms with Crippen molar-refractivity contribution in [2.24, 2.45) is 0 Å². The predicted molar refractivity (Wildman–Crippen MR) is 74.3 cm³/mol. The van der Waals surface area contributed by atoms with Gasteiger partial charge in [-0.3, -0.25) is 4.79 Å². The molecule has 0 atom stereocenters. The molecule has 0 saturated carbocycles. The monoisotopic (exact) mass is 274 g/mol. The maximum absolute atomic E-state index is 12.1. The van der Waals surface area contributed by atoms with Crippen LogP contribution >= 0.6 is 23.7 Å². The molecule has 1 aromatic rings. The van der Waals surface area contributed by atoms with Crippen LogP contribution in [-0.2, 0) is 0 Å². The molecule has 1 amide bonds. The van der Waals surface area contributed by atoms with Crippen molar-refractivity contribution < 1.29 is 4.79 Å². The number of halogens is 1. The largest absolute Gasteiger partial charge is 0.346 e. The maximum Gasteiger partial charge on any atom is 0.262 e. The second-order valence-electron chi connectivity index (χ2n) is 4.70. The van der Waals surface area contributed by atoms with Gasteiger partial charge in [-0.05, 0) is 56.8 Å². The highest BCUT2D eigenvalue weighted by molar-refractivity contribution is 7.12. The molecule has 1 aromatic heterocycles. The molecule has 1 fully saturated rings. The third-order valence-electron chi connectivity index (χ3n) is 3.19. The quantitative estimate of drug-likeness (QED) is 0.869. The molecule has 1 aliphatic rings. The summed E-state index contributed by atoms with van der Waals surface area (Å²) < 4.78 is 0. The van der Waals surface area contributed by atoms with E-state index in [0.29, 0.717) is 0 Å². The van der Waals surface area contributed by atoms with Crippen LogP contribution in [0.2, 0.25) is 0 Å². The average molecular weight is 275 g/mol. The van der Waals surface area contributed by atoms with Gasteiger partial charge in [0.1, 0.15) is 0 Å². The van der Waals surface area contributed by atoms with Crippen molar-refractivity contribution in [2.75, 3.05) is 13.1 Å². The molecule has 1 aliphatic heterocycles. The molecule has 3 nitrogen and oxygen atoms in total. The normalized spacial score (nSPS) is 18.2. The molecular weight excluding hydrogens is 256 g/mol. The Morgan fingerprint density at radius 3 is 2.65 bits per heavy atom. The first-order valence-corrected chi connectivity index (χ1v) is 6.56. The van der Waals surface area contributed by atoms with E-state index in [1.165, 1.54) is 11.3 Å². The van der Waals surface area contributed by atoms with Crippen LogP contribution < -0.4 is 10.6 Å². The topological polar surface area (TPSA) is 41.1 Å². The molecule has 5 heteroatoms. The second-order valence-corrected chi connectivity index (χ2v) is 5.61. The lowest BCUT2D eigenvalue weighted by molar-refractivity contribution is 0.0891. The van der Waals surface area contributed by atoms with Gasteiger partial charge >= 0.3 is 0 Å². The van der Waals surface area contributed by atoms with Gasteiger partial charge in [-0.25, -0.2) is 0 Å². The standard InChI is InChI=1S/C12H18N2OS.ClH/c1-9-3-8-16-10(9)11(15)14-12(2)4-6-13-7-5-12;/h3,8,13H,4-7H2,1-2H3,(H,14,15);1H. The third kappa shape index (κ3) is 3.44. The summed E-state index contributed by atoms with van der Waals surface area (Å²) >= 11 is 1.52. The van der Waals surface area contributed by atoms with Crippen molar-refractivity contribution >= 4 is 29.7 Å². The third-order valence-corrected chi connectivity index (χ3v) is 4.21. The molecule has 0 unspecified atom stereocenters. The van der Waals surface area contributed by atoms with Gasteiger partial charge in [-0.2, -0.15) is 0 Å². The van der Waals surface area contributed by atoms with E-state index >= 15 is 0 Å². The van der Waals surface area contributed by atoms with Crippen LogP contribution in [0.5, 0.6) is 0 Å². The number of aryl methyl sites for hydroxylation is 1. The second kappa shape index (κ2) is 5.85. The molecule has 0 aromatic carbocycles. The van der Waals surface area contributed by atoms with Crippen molar-refractivity contribution in [3.05, 3.63) is 21.9 Å². The van der Waals surface area contributed by atoms with Crippen molar-refractivity contribution in [3.63, 3.8) is 0 Å². The highest BCUT2D eigenvalue weighted by Gasteiger charge is 2.29. The summed E-state index contributed by atoms with van der Waals surface area (Å²) in [7, 11) is 0. The number of hydrogen-bond donors (Lipinski definition) is 2. The summed E-state index contributed by atoms with van der Waals surface area (Å²) in [6.07, 6.45) is 2.01. The molecule has 1 saturated heterocycles. The van der Waals surface area contributed by atoms with E-state index in [9.17, 15) is 4.79 Å². The minimum Gasteiger partial charge on any atom is -0.346 e. The first kappa shape index (κ1) is 14.5. The van der Waals surface area contributed by atoms with Crippen LogP contribution in [0.3, 0.4) is 0 Å². The molecule has 0 spiro atoms. The first-order chi connectivity index (χ1) is 7.61. The van der Waals surface area contributed by atoms with E-state index < -0.39 is 0 Å². The summed E-state index contributed by atoms with van der Waals surface area (Å²) in [6.45, 7) is 6.09. The Bertz CT molecular complexity index is 386. The fourth-order valence-electron chi connectivity index (χ4n) is 2.04. The number of rotatable bonds is 2. The number of carbonyl (C=O) groups excluding carboxylic acids is 1. The molecular formula is C12H19ClN2OS. The predicted octanol–water partition coefficient (Wildman–Crippen LogP) is 2.35. The molecule has 2 N–H and O–H groups in total. The van der Waals surface area contributed by atoms with Gasteiger partial charge in [-0.15, -0.1) is 23.7 Å². The zero-order chi connectivity index (χ0) is 11.6. The van der Waals surface area contributed by atoms with E-state index in [0.717, 1.165) is 36.4 Å². The Labute approximate surface area is 112 Å². The summed E-state index contributed by atoms with van der Waals surface area (Å²) in [5.74, 6) is 0.0805. The number of amides is 1. The number of hydrogen-bond acceptors (Lipinski definition) is 3. The Morgan fingerprint density at radius 2 is 2.12 bits per heavy atom. The van der Waals surface area contributed by atoms with Gasteiger partial charge in [0.15, 0.2) is 0 Å². The van der Waals surface area contributed by atoms with Gasteiger partial charge in [0.2, 0.25) is 0 Å². The van der Waals surface area contributed by atoms with Gasteiger partial charge in [0, 0.05) is 5.54 Å². The number of carbonyl (C=O) groups is 1. The smallest absolute Gasteiger partial charge is 0.262 e. The fraction of sp³-hybridized carbons (Fsp3) is 0.583. The van der Waals surface area contributed by atoms with E-state index in [-0.39, 0.29) is 23.9 Å². The Kier molecular flexibility index (Phi) is 4.98. The van der Waals surface area contributed by atoms with Crippen molar-refractivity contribution in [1.29, 1.82) is 0 Å².